The summed E-state index contributed by atoms with van der Waals surface area (Å²) in [5, 5.41) is 0. The molecule has 0 atom stereocenters. The van der Waals surface area contributed by atoms with E-state index in [0.29, 0.717) is 37.1 Å². The van der Waals surface area contributed by atoms with Crippen LogP contribution in [0.25, 0.3) is 0 Å². The highest BCUT2D eigenvalue weighted by Crippen LogP contribution is 2.28. The second-order valence-electron chi connectivity index (χ2n) is 5.63. The third-order valence-corrected chi connectivity index (χ3v) is 5.92. The molecule has 23 heavy (non-hydrogen) atoms. The number of nitrogens with zero attached hydrogens (tertiary/aromatic N) is 1. The van der Waals surface area contributed by atoms with Crippen LogP contribution in [-0.4, -0.2) is 39.0 Å². The molecule has 0 radical (unpaired) electrons. The molecule has 1 fully saturated rings. The average molecular weight is 344 g/mol. The van der Waals surface area contributed by atoms with Gasteiger partial charge in [-0.15, -0.1) is 0 Å². The summed E-state index contributed by atoms with van der Waals surface area (Å²) in [5.41, 5.74) is 2.95. The van der Waals surface area contributed by atoms with Gasteiger partial charge in [-0.3, -0.25) is 0 Å². The van der Waals surface area contributed by atoms with E-state index in [-0.39, 0.29) is 7.43 Å². The van der Waals surface area contributed by atoms with Crippen molar-refractivity contribution in [2.75, 3.05) is 26.3 Å². The Kier molecular flexibility index (Phi) is 9.03. The van der Waals surface area contributed by atoms with Gasteiger partial charge in [0.1, 0.15) is 0 Å². The molecule has 0 bridgehead atoms. The lowest BCUT2D eigenvalue weighted by atomic mass is 9.98. The molecule has 2 rings (SSSR count). The Balaban J connectivity index is 0.00000155. The van der Waals surface area contributed by atoms with Crippen molar-refractivity contribution < 1.29 is 13.2 Å². The van der Waals surface area contributed by atoms with E-state index >= 15 is 0 Å². The first-order valence-corrected chi connectivity index (χ1v) is 9.47. The molecule has 134 valence electrons. The van der Waals surface area contributed by atoms with Crippen molar-refractivity contribution in [1.82, 2.24) is 4.31 Å². The topological polar surface area (TPSA) is 46.6 Å². The van der Waals surface area contributed by atoms with Gasteiger partial charge >= 0.3 is 0 Å². The maximum absolute atomic E-state index is 12.8. The van der Waals surface area contributed by atoms with Gasteiger partial charge in [0, 0.05) is 13.1 Å². The fourth-order valence-electron chi connectivity index (χ4n) is 2.38. The van der Waals surface area contributed by atoms with E-state index in [4.69, 9.17) is 4.74 Å². The highest BCUT2D eigenvalue weighted by Gasteiger charge is 2.28. The molecule has 0 unspecified atom stereocenters. The van der Waals surface area contributed by atoms with Crippen molar-refractivity contribution in [3.63, 3.8) is 0 Å². The lowest BCUT2D eigenvalue weighted by Crippen LogP contribution is -2.40. The molecule has 0 amide bonds. The first-order chi connectivity index (χ1) is 10.3. The van der Waals surface area contributed by atoms with E-state index in [0.717, 1.165) is 16.7 Å². The summed E-state index contributed by atoms with van der Waals surface area (Å²) in [6.45, 7) is 13.8. The summed E-state index contributed by atoms with van der Waals surface area (Å²) < 4.78 is 32.4. The zero-order chi connectivity index (χ0) is 16.9. The molecule has 0 aliphatic carbocycles. The van der Waals surface area contributed by atoms with Gasteiger partial charge in [-0.05, 0) is 42.5 Å². The highest BCUT2D eigenvalue weighted by atomic mass is 32.2. The number of morpholine rings is 1. The van der Waals surface area contributed by atoms with Crippen LogP contribution < -0.4 is 0 Å². The molecule has 1 aliphatic rings. The quantitative estimate of drug-likeness (QED) is 0.830. The summed E-state index contributed by atoms with van der Waals surface area (Å²) in [5.74, 6) is 0.313. The van der Waals surface area contributed by atoms with E-state index < -0.39 is 10.0 Å². The molecular formula is C18H33NO3S. The van der Waals surface area contributed by atoms with Gasteiger partial charge in [-0.25, -0.2) is 8.42 Å². The van der Waals surface area contributed by atoms with Crippen molar-refractivity contribution in [1.29, 1.82) is 0 Å². The Labute approximate surface area is 142 Å². The number of ether oxygens (including phenoxy) is 1. The smallest absolute Gasteiger partial charge is 0.243 e. The van der Waals surface area contributed by atoms with E-state index in [1.54, 1.807) is 0 Å². The monoisotopic (exact) mass is 343 g/mol. The van der Waals surface area contributed by atoms with Crippen molar-refractivity contribution in [3.8, 4) is 0 Å². The van der Waals surface area contributed by atoms with Gasteiger partial charge in [-0.2, -0.15) is 4.31 Å². The fourth-order valence-corrected chi connectivity index (χ4v) is 4.12. The normalized spacial score (nSPS) is 15.6. The Morgan fingerprint density at radius 3 is 2.09 bits per heavy atom. The number of hydrogen-bond acceptors (Lipinski definition) is 3. The summed E-state index contributed by atoms with van der Waals surface area (Å²) >= 11 is 0. The van der Waals surface area contributed by atoms with Gasteiger partial charge in [0.15, 0.2) is 0 Å². The minimum atomic E-state index is -3.42. The maximum Gasteiger partial charge on any atom is 0.243 e. The van der Waals surface area contributed by atoms with Crippen molar-refractivity contribution >= 4 is 10.0 Å². The van der Waals surface area contributed by atoms with E-state index in [2.05, 4.69) is 19.9 Å². The van der Waals surface area contributed by atoms with Crippen LogP contribution in [0, 0.1) is 13.8 Å². The fraction of sp³-hybridized carbons (Fsp3) is 0.667. The molecule has 0 N–H and O–H groups in total. The molecule has 0 saturated carbocycles. The van der Waals surface area contributed by atoms with Crippen molar-refractivity contribution in [2.45, 2.75) is 59.8 Å². The molecule has 1 heterocycles. The first kappa shape index (κ1) is 22.1. The zero-order valence-electron chi connectivity index (χ0n) is 14.6. The van der Waals surface area contributed by atoms with Crippen LogP contribution in [0.15, 0.2) is 17.0 Å². The minimum absolute atomic E-state index is 0. The van der Waals surface area contributed by atoms with E-state index in [9.17, 15) is 8.42 Å². The second-order valence-corrected chi connectivity index (χ2v) is 7.54. The molecule has 4 nitrogen and oxygen atoms in total. The van der Waals surface area contributed by atoms with Gasteiger partial charge in [0.2, 0.25) is 10.0 Å². The summed E-state index contributed by atoms with van der Waals surface area (Å²) in [4.78, 5) is 0.447. The zero-order valence-corrected chi connectivity index (χ0v) is 15.5. The number of rotatable bonds is 3. The van der Waals surface area contributed by atoms with Crippen molar-refractivity contribution in [3.05, 3.63) is 28.8 Å². The predicted molar refractivity (Wildman–Crippen MR) is 97.7 cm³/mol. The molecule has 0 aromatic heterocycles. The third kappa shape index (κ3) is 5.03. The van der Waals surface area contributed by atoms with E-state index in [1.165, 1.54) is 4.31 Å². The second kappa shape index (κ2) is 9.40. The van der Waals surface area contributed by atoms with Crippen LogP contribution in [0.5, 0.6) is 0 Å². The molecule has 1 saturated heterocycles. The highest BCUT2D eigenvalue weighted by molar-refractivity contribution is 7.89. The Morgan fingerprint density at radius 2 is 1.61 bits per heavy atom. The number of aryl methyl sites for hydroxylation is 1. The largest absolute Gasteiger partial charge is 0.379 e. The van der Waals surface area contributed by atoms with Gasteiger partial charge < -0.3 is 4.74 Å². The van der Waals surface area contributed by atoms with Gasteiger partial charge in [0.25, 0.3) is 0 Å². The SMILES string of the molecule is C.CC.Cc1cc(C(C)C)cc(S(=O)(=O)N2CCOCC2)c1C. The van der Waals surface area contributed by atoms with Crippen LogP contribution in [0.1, 0.15) is 57.7 Å². The third-order valence-electron chi connectivity index (χ3n) is 3.90. The van der Waals surface area contributed by atoms with Crippen LogP contribution >= 0.6 is 0 Å². The number of benzene rings is 1. The summed E-state index contributed by atoms with van der Waals surface area (Å²) in [6.07, 6.45) is 0. The lowest BCUT2D eigenvalue weighted by molar-refractivity contribution is 0.0730. The van der Waals surface area contributed by atoms with Crippen molar-refractivity contribution in [2.24, 2.45) is 0 Å². The van der Waals surface area contributed by atoms with E-state index in [1.807, 2.05) is 33.8 Å². The van der Waals surface area contributed by atoms with Gasteiger partial charge in [0.05, 0.1) is 18.1 Å². The molecule has 1 aromatic rings. The predicted octanol–water partition coefficient (Wildman–Crippen LogP) is 4.11. The summed E-state index contributed by atoms with van der Waals surface area (Å²) in [7, 11) is -3.42. The Morgan fingerprint density at radius 1 is 1.09 bits per heavy atom. The average Bonchev–Trinajstić information content (AvgIpc) is 2.52. The molecular weight excluding hydrogens is 310 g/mol. The van der Waals surface area contributed by atoms with Crippen LogP contribution in [0.4, 0.5) is 0 Å². The Hall–Kier alpha value is -0.910. The van der Waals surface area contributed by atoms with Crippen LogP contribution in [0.2, 0.25) is 0 Å². The number of sulfonamides is 1. The molecule has 5 heteroatoms. The summed E-state index contributed by atoms with van der Waals surface area (Å²) in [6, 6.07) is 3.91. The minimum Gasteiger partial charge on any atom is -0.379 e. The van der Waals surface area contributed by atoms with Crippen LogP contribution in [0.3, 0.4) is 0 Å². The Bertz CT molecular complexity index is 589. The molecule has 0 spiro atoms. The molecule has 1 aliphatic heterocycles. The molecule has 1 aromatic carbocycles. The number of hydrogen-bond donors (Lipinski definition) is 0. The standard InChI is InChI=1S/C15H23NO3S.C2H6.CH4/c1-11(2)14-9-12(3)13(4)15(10-14)20(17,18)16-5-7-19-8-6-16;1-2;/h9-11H,5-8H2,1-4H3;1-2H3;1H4. The first-order valence-electron chi connectivity index (χ1n) is 8.03. The van der Waals surface area contributed by atoms with Crippen LogP contribution in [-0.2, 0) is 14.8 Å². The lowest BCUT2D eigenvalue weighted by Gasteiger charge is -2.27. The van der Waals surface area contributed by atoms with Gasteiger partial charge in [-0.1, -0.05) is 41.2 Å². The maximum atomic E-state index is 12.8.